The van der Waals surface area contributed by atoms with Gasteiger partial charge in [-0.3, -0.25) is 15.2 Å². The molecule has 7 heteroatoms. The van der Waals surface area contributed by atoms with Gasteiger partial charge in [-0.15, -0.1) is 0 Å². The molecule has 1 amide bonds. The molecule has 6 rings (SSSR count). The van der Waals surface area contributed by atoms with Crippen LogP contribution in [0.4, 0.5) is 10.6 Å². The molecule has 0 saturated heterocycles. The van der Waals surface area contributed by atoms with E-state index in [-0.39, 0.29) is 27.8 Å². The molecule has 5 aliphatic rings. The van der Waals surface area contributed by atoms with Gasteiger partial charge in [-0.1, -0.05) is 48.5 Å². The van der Waals surface area contributed by atoms with Gasteiger partial charge < -0.3 is 9.84 Å². The number of rotatable bonds is 4. The van der Waals surface area contributed by atoms with Gasteiger partial charge in [0.2, 0.25) is 0 Å². The summed E-state index contributed by atoms with van der Waals surface area (Å²) in [5.41, 5.74) is -0.114. The van der Waals surface area contributed by atoms with Gasteiger partial charge in [0.25, 0.3) is 0 Å². The topological polar surface area (TPSA) is 104 Å². The number of H-pyrrole nitrogens is 1. The van der Waals surface area contributed by atoms with Crippen molar-refractivity contribution in [3.05, 3.63) is 12.3 Å². The van der Waals surface area contributed by atoms with E-state index in [2.05, 4.69) is 64.0 Å². The number of aliphatic carboxylic acids is 1. The van der Waals surface area contributed by atoms with Crippen LogP contribution in [0.15, 0.2) is 12.3 Å². The van der Waals surface area contributed by atoms with Crippen molar-refractivity contribution in [3.63, 3.8) is 0 Å². The molecule has 1 aromatic heterocycles. The third-order valence-electron chi connectivity index (χ3n) is 14.7. The van der Waals surface area contributed by atoms with Crippen LogP contribution in [0.3, 0.4) is 0 Å². The summed E-state index contributed by atoms with van der Waals surface area (Å²) >= 11 is 0. The quantitative estimate of drug-likeness (QED) is 0.341. The predicted octanol–water partition coefficient (Wildman–Crippen LogP) is 8.15. The van der Waals surface area contributed by atoms with Gasteiger partial charge in [0.1, 0.15) is 11.9 Å². The zero-order valence-corrected chi connectivity index (χ0v) is 26.4. The van der Waals surface area contributed by atoms with Crippen molar-refractivity contribution in [2.75, 3.05) is 5.32 Å². The highest BCUT2D eigenvalue weighted by molar-refractivity contribution is 5.83. The van der Waals surface area contributed by atoms with E-state index >= 15 is 0 Å². The Kier molecular flexibility index (Phi) is 6.71. The molecule has 7 nitrogen and oxygen atoms in total. The van der Waals surface area contributed by atoms with Crippen molar-refractivity contribution in [2.24, 2.45) is 62.6 Å². The molecule has 1 aromatic rings. The molecule has 5 fully saturated rings. The largest absolute Gasteiger partial charge is 0.481 e. The first kappa shape index (κ1) is 29.0. The van der Waals surface area contributed by atoms with Crippen LogP contribution in [0, 0.1) is 62.6 Å². The maximum Gasteiger partial charge on any atom is 0.413 e. The number of nitrogens with zero attached hydrogens (tertiary/aromatic N) is 1. The minimum absolute atomic E-state index is 0.128. The summed E-state index contributed by atoms with van der Waals surface area (Å²) in [6.07, 6.45) is 11.5. The van der Waals surface area contributed by atoms with Crippen LogP contribution < -0.4 is 5.32 Å². The van der Waals surface area contributed by atoms with Crippen LogP contribution in [-0.2, 0) is 9.53 Å². The summed E-state index contributed by atoms with van der Waals surface area (Å²) in [6.45, 7) is 17.0. The third-order valence-corrected chi connectivity index (χ3v) is 14.7. The number of aromatic amines is 1. The first-order valence-electron chi connectivity index (χ1n) is 16.4. The Balaban J connectivity index is 1.27. The minimum Gasteiger partial charge on any atom is -0.481 e. The first-order chi connectivity index (χ1) is 19.2. The Morgan fingerprint density at radius 3 is 2.37 bits per heavy atom. The van der Waals surface area contributed by atoms with Crippen LogP contribution in [0.1, 0.15) is 113 Å². The standard InChI is InChI=1S/C34H53N3O4/c1-20(2)21-10-16-34(28(38)39)18-17-32(6)22(27(21)34)8-9-24-31(5)14-12-25(41-29(40)36-26-13-19-35-37-26)30(3,4)23(31)11-15-33(24,32)7/h13,19-25,27H,8-12,14-18H2,1-7H3,(H,38,39)(H2,35,36,37,40)/t21-,22+,23-,24+,25+,27+,31-,32+,33+,34-/m0/s1. The van der Waals surface area contributed by atoms with Gasteiger partial charge in [-0.25, -0.2) is 4.79 Å². The van der Waals surface area contributed by atoms with Gasteiger partial charge in [0.05, 0.1) is 11.6 Å². The highest BCUT2D eigenvalue weighted by Gasteiger charge is 2.72. The number of carboxylic acids is 1. The molecule has 0 aliphatic heterocycles. The summed E-state index contributed by atoms with van der Waals surface area (Å²) in [5, 5.41) is 20.1. The molecule has 5 saturated carbocycles. The number of fused-ring (bicyclic) bond motifs is 7. The van der Waals surface area contributed by atoms with Gasteiger partial charge >= 0.3 is 12.1 Å². The van der Waals surface area contributed by atoms with Gasteiger partial charge in [0.15, 0.2) is 0 Å². The van der Waals surface area contributed by atoms with Gasteiger partial charge in [-0.05, 0) is 116 Å². The Morgan fingerprint density at radius 2 is 1.71 bits per heavy atom. The average Bonchev–Trinajstić information content (AvgIpc) is 3.55. The average molecular weight is 568 g/mol. The number of hydrogen-bond donors (Lipinski definition) is 3. The van der Waals surface area contributed by atoms with Crippen molar-refractivity contribution in [2.45, 2.75) is 119 Å². The van der Waals surface area contributed by atoms with Crippen molar-refractivity contribution < 1.29 is 19.4 Å². The van der Waals surface area contributed by atoms with Crippen LogP contribution in [-0.4, -0.2) is 33.5 Å². The van der Waals surface area contributed by atoms with Crippen molar-refractivity contribution >= 4 is 17.9 Å². The summed E-state index contributed by atoms with van der Waals surface area (Å²) in [5.74, 6) is 2.94. The lowest BCUT2D eigenvalue weighted by atomic mass is 9.32. The summed E-state index contributed by atoms with van der Waals surface area (Å²) in [7, 11) is 0. The monoisotopic (exact) mass is 567 g/mol. The lowest BCUT2D eigenvalue weighted by molar-refractivity contribution is -0.249. The maximum absolute atomic E-state index is 12.9. The molecule has 1 heterocycles. The number of ether oxygens (including phenoxy) is 1. The second kappa shape index (κ2) is 9.47. The van der Waals surface area contributed by atoms with E-state index in [0.717, 1.165) is 51.4 Å². The molecule has 0 aromatic carbocycles. The minimum atomic E-state index is -0.521. The second-order valence-electron chi connectivity index (χ2n) is 16.5. The number of anilines is 1. The number of carbonyl (C=O) groups excluding carboxylic acids is 1. The van der Waals surface area contributed by atoms with Crippen LogP contribution in [0.5, 0.6) is 0 Å². The fraction of sp³-hybridized carbons (Fsp3) is 0.853. The molecule has 0 bridgehead atoms. The van der Waals surface area contributed by atoms with E-state index in [1.165, 1.54) is 12.8 Å². The van der Waals surface area contributed by atoms with E-state index in [4.69, 9.17) is 4.74 Å². The number of amides is 1. The number of hydrogen-bond acceptors (Lipinski definition) is 4. The number of aromatic nitrogens is 2. The van der Waals surface area contributed by atoms with E-state index < -0.39 is 17.5 Å². The number of nitrogens with one attached hydrogen (secondary N) is 2. The molecular formula is C34H53N3O4. The van der Waals surface area contributed by atoms with E-state index in [1.807, 2.05) is 0 Å². The molecule has 10 atom stereocenters. The zero-order valence-electron chi connectivity index (χ0n) is 26.4. The highest BCUT2D eigenvalue weighted by Crippen LogP contribution is 2.77. The number of carbonyl (C=O) groups is 2. The fourth-order valence-corrected chi connectivity index (χ4v) is 12.5. The lowest BCUT2D eigenvalue weighted by Gasteiger charge is -2.72. The first-order valence-corrected chi connectivity index (χ1v) is 16.4. The molecule has 0 radical (unpaired) electrons. The Bertz CT molecular complexity index is 1180. The predicted molar refractivity (Wildman–Crippen MR) is 159 cm³/mol. The van der Waals surface area contributed by atoms with Crippen LogP contribution in [0.25, 0.3) is 0 Å². The molecule has 3 N–H and O–H groups in total. The molecule has 0 unspecified atom stereocenters. The third kappa shape index (κ3) is 3.91. The van der Waals surface area contributed by atoms with Crippen LogP contribution in [0.2, 0.25) is 0 Å². The smallest absolute Gasteiger partial charge is 0.413 e. The van der Waals surface area contributed by atoms with E-state index in [1.54, 1.807) is 12.3 Å². The van der Waals surface area contributed by atoms with Crippen molar-refractivity contribution in [3.8, 4) is 0 Å². The summed E-state index contributed by atoms with van der Waals surface area (Å²) < 4.78 is 6.10. The molecule has 41 heavy (non-hydrogen) atoms. The van der Waals surface area contributed by atoms with Gasteiger partial charge in [-0.2, -0.15) is 5.10 Å². The molecule has 228 valence electrons. The van der Waals surface area contributed by atoms with E-state index in [0.29, 0.717) is 41.3 Å². The van der Waals surface area contributed by atoms with Crippen LogP contribution >= 0.6 is 0 Å². The van der Waals surface area contributed by atoms with E-state index in [9.17, 15) is 14.7 Å². The number of carboxylic acid groups (broad SMARTS) is 1. The summed E-state index contributed by atoms with van der Waals surface area (Å²) in [4.78, 5) is 25.7. The Labute approximate surface area is 246 Å². The summed E-state index contributed by atoms with van der Waals surface area (Å²) in [6, 6.07) is 1.73. The SMILES string of the molecule is CC(C)[C@@H]1CC[C@]2(C(=O)O)CC[C@]3(C)[C@H](CC[C@@H]4[C@@]5(C)CC[C@@H](OC(=O)Nc6ccn[nH]6)C(C)(C)[C@@H]5CC[C@]43C)[C@@H]12. The second-order valence-corrected chi connectivity index (χ2v) is 16.5. The zero-order chi connectivity index (χ0) is 29.6. The Hall–Kier alpha value is -2.05. The van der Waals surface area contributed by atoms with Gasteiger partial charge in [0, 0.05) is 11.5 Å². The molecule has 0 spiro atoms. The maximum atomic E-state index is 12.9. The molecular weight excluding hydrogens is 514 g/mol. The van der Waals surface area contributed by atoms with Crippen molar-refractivity contribution in [1.82, 2.24) is 10.2 Å². The fourth-order valence-electron chi connectivity index (χ4n) is 12.5. The molecule has 5 aliphatic carbocycles. The highest BCUT2D eigenvalue weighted by atomic mass is 16.6. The normalized spacial score (nSPS) is 46.5. The Morgan fingerprint density at radius 1 is 0.951 bits per heavy atom. The van der Waals surface area contributed by atoms with Crippen molar-refractivity contribution in [1.29, 1.82) is 0 Å². The lowest BCUT2D eigenvalue weighted by Crippen LogP contribution is -2.67.